The van der Waals surface area contributed by atoms with Crippen LogP contribution >= 0.6 is 0 Å². The molecule has 5 heteroatoms. The quantitative estimate of drug-likeness (QED) is 0.918. The van der Waals surface area contributed by atoms with E-state index in [2.05, 4.69) is 10.3 Å². The monoisotopic (exact) mass is 259 g/mol. The van der Waals surface area contributed by atoms with E-state index in [-0.39, 0.29) is 5.69 Å². The molecular formula is C14H11F2N3. The number of halogens is 2. The van der Waals surface area contributed by atoms with Gasteiger partial charge >= 0.3 is 0 Å². The van der Waals surface area contributed by atoms with Crippen LogP contribution in [0, 0.1) is 23.0 Å². The van der Waals surface area contributed by atoms with Gasteiger partial charge in [0.05, 0.1) is 24.0 Å². The van der Waals surface area contributed by atoms with Crippen LogP contribution in [-0.2, 0) is 6.42 Å². The average Bonchev–Trinajstić information content (AvgIpc) is 2.42. The fourth-order valence-corrected chi connectivity index (χ4v) is 1.71. The molecule has 2 aromatic rings. The number of aromatic nitrogens is 1. The van der Waals surface area contributed by atoms with Gasteiger partial charge in [0.1, 0.15) is 5.69 Å². The van der Waals surface area contributed by atoms with E-state index < -0.39 is 11.6 Å². The highest BCUT2D eigenvalue weighted by atomic mass is 19.1. The van der Waals surface area contributed by atoms with Crippen molar-refractivity contribution in [2.45, 2.75) is 6.42 Å². The molecule has 0 aliphatic heterocycles. The lowest BCUT2D eigenvalue weighted by Gasteiger charge is -2.08. The summed E-state index contributed by atoms with van der Waals surface area (Å²) in [5.41, 5.74) is 1.33. The smallest absolute Gasteiger partial charge is 0.167 e. The lowest BCUT2D eigenvalue weighted by Crippen LogP contribution is -2.08. The molecule has 1 aromatic heterocycles. The summed E-state index contributed by atoms with van der Waals surface area (Å²) in [6.45, 7) is 0.368. The third-order valence-corrected chi connectivity index (χ3v) is 2.62. The van der Waals surface area contributed by atoms with E-state index >= 15 is 0 Å². The Labute approximate surface area is 109 Å². The van der Waals surface area contributed by atoms with Crippen LogP contribution in [0.15, 0.2) is 36.7 Å². The Morgan fingerprint density at radius 1 is 1.21 bits per heavy atom. The first-order chi connectivity index (χ1) is 9.20. The Morgan fingerprint density at radius 2 is 1.95 bits per heavy atom. The fraction of sp³-hybridized carbons (Fsp3) is 0.143. The Hall–Kier alpha value is -2.48. The molecule has 1 aromatic carbocycles. The van der Waals surface area contributed by atoms with E-state index in [9.17, 15) is 8.78 Å². The molecule has 0 saturated carbocycles. The number of anilines is 1. The van der Waals surface area contributed by atoms with Crippen LogP contribution in [0.2, 0.25) is 0 Å². The summed E-state index contributed by atoms with van der Waals surface area (Å²) in [6.07, 6.45) is 2.49. The summed E-state index contributed by atoms with van der Waals surface area (Å²) in [7, 11) is 0. The molecule has 0 aliphatic carbocycles. The largest absolute Gasteiger partial charge is 0.380 e. The Bertz CT molecular complexity index is 600. The lowest BCUT2D eigenvalue weighted by molar-refractivity contribution is 0.578. The van der Waals surface area contributed by atoms with Crippen LogP contribution in [0.4, 0.5) is 14.5 Å². The molecule has 0 spiro atoms. The molecule has 0 bridgehead atoms. The minimum absolute atomic E-state index is 0.175. The molecule has 0 aliphatic rings. The van der Waals surface area contributed by atoms with Gasteiger partial charge in [0.15, 0.2) is 11.6 Å². The van der Waals surface area contributed by atoms with E-state index in [1.165, 1.54) is 0 Å². The summed E-state index contributed by atoms with van der Waals surface area (Å²) >= 11 is 0. The van der Waals surface area contributed by atoms with Crippen molar-refractivity contribution in [3.8, 4) is 6.07 Å². The van der Waals surface area contributed by atoms with Crippen molar-refractivity contribution in [1.82, 2.24) is 4.98 Å². The third kappa shape index (κ3) is 3.26. The molecule has 0 amide bonds. The van der Waals surface area contributed by atoms with Crippen LogP contribution in [0.3, 0.4) is 0 Å². The van der Waals surface area contributed by atoms with E-state index in [1.807, 2.05) is 12.1 Å². The maximum absolute atomic E-state index is 13.3. The Morgan fingerprint density at radius 3 is 2.63 bits per heavy atom. The van der Waals surface area contributed by atoms with Gasteiger partial charge in [0.25, 0.3) is 0 Å². The number of rotatable bonds is 4. The van der Waals surface area contributed by atoms with Gasteiger partial charge in [-0.25, -0.2) is 8.78 Å². The van der Waals surface area contributed by atoms with Crippen LogP contribution < -0.4 is 5.32 Å². The number of nitriles is 1. The van der Waals surface area contributed by atoms with Crippen molar-refractivity contribution in [2.75, 3.05) is 11.9 Å². The van der Waals surface area contributed by atoms with Gasteiger partial charge in [-0.15, -0.1) is 0 Å². The summed E-state index contributed by atoms with van der Waals surface area (Å²) in [4.78, 5) is 3.41. The molecule has 96 valence electrons. The standard InChI is InChI=1S/C14H11F2N3/c15-12-8-18-9-13(16)14(12)19-5-4-10-2-1-3-11(6-10)7-17/h1-3,6,8-9H,4-5H2,(H,18,19). The number of hydrogen-bond acceptors (Lipinski definition) is 3. The molecule has 0 fully saturated rings. The van der Waals surface area contributed by atoms with Crippen LogP contribution in [-0.4, -0.2) is 11.5 Å². The number of pyridine rings is 1. The zero-order valence-corrected chi connectivity index (χ0v) is 10.0. The van der Waals surface area contributed by atoms with Gasteiger partial charge in [-0.2, -0.15) is 5.26 Å². The highest BCUT2D eigenvalue weighted by molar-refractivity contribution is 5.44. The predicted molar refractivity (Wildman–Crippen MR) is 67.5 cm³/mol. The maximum atomic E-state index is 13.3. The van der Waals surface area contributed by atoms with Crippen LogP contribution in [0.1, 0.15) is 11.1 Å². The van der Waals surface area contributed by atoms with Gasteiger partial charge in [-0.3, -0.25) is 4.98 Å². The Balaban J connectivity index is 1.99. The minimum atomic E-state index is -0.717. The molecule has 1 N–H and O–H groups in total. The van der Waals surface area contributed by atoms with E-state index in [0.29, 0.717) is 18.5 Å². The van der Waals surface area contributed by atoms with Gasteiger partial charge in [-0.1, -0.05) is 12.1 Å². The lowest BCUT2D eigenvalue weighted by atomic mass is 10.1. The molecule has 0 atom stereocenters. The first-order valence-electron chi connectivity index (χ1n) is 5.72. The van der Waals surface area contributed by atoms with E-state index in [0.717, 1.165) is 18.0 Å². The first-order valence-corrected chi connectivity index (χ1v) is 5.72. The number of benzene rings is 1. The second-order valence-electron chi connectivity index (χ2n) is 3.97. The molecule has 0 unspecified atom stereocenters. The molecule has 1 heterocycles. The minimum Gasteiger partial charge on any atom is -0.380 e. The van der Waals surface area contributed by atoms with Crippen molar-refractivity contribution >= 4 is 5.69 Å². The number of hydrogen-bond donors (Lipinski definition) is 1. The first kappa shape index (κ1) is 13.0. The van der Waals surface area contributed by atoms with Crippen molar-refractivity contribution in [1.29, 1.82) is 5.26 Å². The summed E-state index contributed by atoms with van der Waals surface area (Å²) < 4.78 is 26.6. The second kappa shape index (κ2) is 5.91. The van der Waals surface area contributed by atoms with Crippen LogP contribution in [0.5, 0.6) is 0 Å². The number of nitrogens with one attached hydrogen (secondary N) is 1. The van der Waals surface area contributed by atoms with Crippen molar-refractivity contribution < 1.29 is 8.78 Å². The summed E-state index contributed by atoms with van der Waals surface area (Å²) in [6, 6.07) is 9.15. The van der Waals surface area contributed by atoms with Gasteiger partial charge in [0.2, 0.25) is 0 Å². The number of nitrogens with zero attached hydrogens (tertiary/aromatic N) is 2. The highest BCUT2D eigenvalue weighted by Crippen LogP contribution is 2.16. The van der Waals surface area contributed by atoms with Crippen LogP contribution in [0.25, 0.3) is 0 Å². The van der Waals surface area contributed by atoms with Gasteiger partial charge in [0, 0.05) is 6.54 Å². The molecule has 0 saturated heterocycles. The third-order valence-electron chi connectivity index (χ3n) is 2.62. The zero-order valence-electron chi connectivity index (χ0n) is 10.0. The van der Waals surface area contributed by atoms with Gasteiger partial charge in [-0.05, 0) is 24.1 Å². The second-order valence-corrected chi connectivity index (χ2v) is 3.97. The predicted octanol–water partition coefficient (Wildman–Crippen LogP) is 2.89. The molecule has 19 heavy (non-hydrogen) atoms. The highest BCUT2D eigenvalue weighted by Gasteiger charge is 2.07. The Kier molecular flexibility index (Phi) is 4.04. The summed E-state index contributed by atoms with van der Waals surface area (Å²) in [5, 5.41) is 11.5. The topological polar surface area (TPSA) is 48.7 Å². The molecule has 2 rings (SSSR count). The average molecular weight is 259 g/mol. The molecule has 0 radical (unpaired) electrons. The zero-order chi connectivity index (χ0) is 13.7. The van der Waals surface area contributed by atoms with Crippen molar-refractivity contribution in [3.05, 3.63) is 59.4 Å². The summed E-state index contributed by atoms with van der Waals surface area (Å²) in [5.74, 6) is -1.43. The molecular weight excluding hydrogens is 248 g/mol. The van der Waals surface area contributed by atoms with Crippen molar-refractivity contribution in [2.24, 2.45) is 0 Å². The molecule has 3 nitrogen and oxygen atoms in total. The maximum Gasteiger partial charge on any atom is 0.167 e. The fourth-order valence-electron chi connectivity index (χ4n) is 1.71. The van der Waals surface area contributed by atoms with E-state index in [4.69, 9.17) is 5.26 Å². The SMILES string of the molecule is N#Cc1cccc(CCNc2c(F)cncc2F)c1. The normalized spacial score (nSPS) is 9.95. The van der Waals surface area contributed by atoms with E-state index in [1.54, 1.807) is 18.2 Å². The van der Waals surface area contributed by atoms with Gasteiger partial charge < -0.3 is 5.32 Å². The van der Waals surface area contributed by atoms with Crippen molar-refractivity contribution in [3.63, 3.8) is 0 Å².